The molecule has 0 aromatic heterocycles. The third-order valence-corrected chi connectivity index (χ3v) is 6.22. The Morgan fingerprint density at radius 1 is 1.31 bits per heavy atom. The van der Waals surface area contributed by atoms with Gasteiger partial charge >= 0.3 is 0 Å². The van der Waals surface area contributed by atoms with E-state index in [0.29, 0.717) is 6.16 Å². The maximum Gasteiger partial charge on any atom is 0.176 e. The van der Waals surface area contributed by atoms with Gasteiger partial charge in [-0.05, 0) is 18.4 Å². The second-order valence-corrected chi connectivity index (χ2v) is 7.69. The Balaban J connectivity index is 2.32. The van der Waals surface area contributed by atoms with Crippen LogP contribution in [0, 0.1) is 0 Å². The van der Waals surface area contributed by atoms with Crippen molar-refractivity contribution in [3.63, 3.8) is 0 Å². The van der Waals surface area contributed by atoms with Crippen LogP contribution in [0.15, 0.2) is 30.3 Å². The van der Waals surface area contributed by atoms with Crippen LogP contribution in [0.1, 0.15) is 24.1 Å². The predicted octanol–water partition coefficient (Wildman–Crippen LogP) is 4.04. The zero-order valence-electron chi connectivity index (χ0n) is 7.32. The second kappa shape index (κ2) is 3.48. The Hall–Kier alpha value is -0.260. The zero-order chi connectivity index (χ0) is 9.31. The summed E-state index contributed by atoms with van der Waals surface area (Å²) in [5.74, 6) is 0. The Bertz CT molecular complexity index is 336. The van der Waals surface area contributed by atoms with Crippen molar-refractivity contribution in [3.8, 4) is 0 Å². The molecule has 1 fully saturated rings. The van der Waals surface area contributed by atoms with Crippen LogP contribution in [0.3, 0.4) is 0 Å². The smallest absolute Gasteiger partial charge is 0.176 e. The average molecular weight is 215 g/mol. The van der Waals surface area contributed by atoms with Crippen LogP contribution in [0.25, 0.3) is 0 Å². The van der Waals surface area contributed by atoms with Gasteiger partial charge in [-0.1, -0.05) is 41.6 Å². The average Bonchev–Trinajstić information content (AvgIpc) is 2.47. The third kappa shape index (κ3) is 1.82. The monoisotopic (exact) mass is 214 g/mol. The van der Waals surface area contributed by atoms with Crippen molar-refractivity contribution in [1.29, 1.82) is 0 Å². The summed E-state index contributed by atoms with van der Waals surface area (Å²) in [7, 11) is 0. The zero-order valence-corrected chi connectivity index (χ0v) is 8.97. The van der Waals surface area contributed by atoms with E-state index in [1.54, 1.807) is 0 Å². The molecule has 2 atom stereocenters. The van der Waals surface area contributed by atoms with Gasteiger partial charge in [0.15, 0.2) is 6.49 Å². The fourth-order valence-electron chi connectivity index (χ4n) is 1.91. The first-order valence-corrected chi connectivity index (χ1v) is 7.40. The molecule has 0 radical (unpaired) electrons. The van der Waals surface area contributed by atoms with Gasteiger partial charge in [-0.25, -0.2) is 0 Å². The predicted molar refractivity (Wildman–Crippen MR) is 56.7 cm³/mol. The van der Waals surface area contributed by atoms with Crippen molar-refractivity contribution < 1.29 is 4.57 Å². The summed E-state index contributed by atoms with van der Waals surface area (Å²) in [6, 6.07) is 9.96. The van der Waals surface area contributed by atoms with Crippen LogP contribution < -0.4 is 0 Å². The molecule has 1 nitrogen and oxygen atoms in total. The van der Waals surface area contributed by atoms with Gasteiger partial charge in [-0.15, -0.1) is 0 Å². The van der Waals surface area contributed by atoms with Gasteiger partial charge in [0.2, 0.25) is 0 Å². The van der Waals surface area contributed by atoms with Crippen molar-refractivity contribution in [2.45, 2.75) is 18.5 Å². The fourth-order valence-corrected chi connectivity index (χ4v) is 5.01. The van der Waals surface area contributed by atoms with Gasteiger partial charge in [0.25, 0.3) is 0 Å². The van der Waals surface area contributed by atoms with Crippen LogP contribution in [-0.2, 0) is 4.57 Å². The normalized spacial score (nSPS) is 33.5. The number of rotatable bonds is 1. The lowest BCUT2D eigenvalue weighted by atomic mass is 10.1. The molecule has 3 heteroatoms. The molecule has 0 saturated carbocycles. The van der Waals surface area contributed by atoms with E-state index in [1.165, 1.54) is 0 Å². The highest BCUT2D eigenvalue weighted by molar-refractivity contribution is 7.89. The quantitative estimate of drug-likeness (QED) is 0.645. The molecule has 1 aromatic rings. The summed E-state index contributed by atoms with van der Waals surface area (Å²) in [5, 5.41) is 0. The molecule has 2 rings (SSSR count). The van der Waals surface area contributed by atoms with Gasteiger partial charge in [0.05, 0.1) is 5.66 Å². The maximum absolute atomic E-state index is 11.9. The molecule has 1 aromatic carbocycles. The molecule has 1 saturated heterocycles. The maximum atomic E-state index is 11.9. The lowest BCUT2D eigenvalue weighted by Crippen LogP contribution is -1.89. The molecule has 0 amide bonds. The molecule has 0 spiro atoms. The van der Waals surface area contributed by atoms with Gasteiger partial charge in [-0.2, -0.15) is 0 Å². The Morgan fingerprint density at radius 2 is 2.00 bits per heavy atom. The van der Waals surface area contributed by atoms with E-state index in [2.05, 4.69) is 0 Å². The Kier molecular flexibility index (Phi) is 2.49. The van der Waals surface area contributed by atoms with E-state index in [9.17, 15) is 4.57 Å². The van der Waals surface area contributed by atoms with Crippen molar-refractivity contribution in [2.24, 2.45) is 0 Å². The lowest BCUT2D eigenvalue weighted by molar-refractivity contribution is 0.581. The topological polar surface area (TPSA) is 17.1 Å². The molecule has 1 heterocycles. The van der Waals surface area contributed by atoms with Gasteiger partial charge in [0.1, 0.15) is 0 Å². The number of hydrogen-bond donors (Lipinski definition) is 0. The van der Waals surface area contributed by atoms with Gasteiger partial charge < -0.3 is 4.57 Å². The Morgan fingerprint density at radius 3 is 2.54 bits per heavy atom. The minimum Gasteiger partial charge on any atom is -0.306 e. The van der Waals surface area contributed by atoms with Crippen molar-refractivity contribution >= 4 is 17.7 Å². The molecular weight excluding hydrogens is 203 g/mol. The Labute approximate surface area is 83.3 Å². The summed E-state index contributed by atoms with van der Waals surface area (Å²) in [4.78, 5) is 0. The van der Waals surface area contributed by atoms with E-state index in [0.717, 1.165) is 18.4 Å². The molecular formula is C10H12ClOP. The highest BCUT2D eigenvalue weighted by Crippen LogP contribution is 2.69. The van der Waals surface area contributed by atoms with Crippen LogP contribution in [-0.4, -0.2) is 6.16 Å². The summed E-state index contributed by atoms with van der Waals surface area (Å²) < 4.78 is 11.9. The molecule has 1 unspecified atom stereocenters. The molecule has 0 bridgehead atoms. The molecule has 1 aliphatic heterocycles. The SMILES string of the molecule is O=P1(Cl)CCC[C@H]1c1ccccc1. The van der Waals surface area contributed by atoms with Crippen molar-refractivity contribution in [3.05, 3.63) is 35.9 Å². The first kappa shape index (κ1) is 9.30. The first-order chi connectivity index (χ1) is 6.20. The van der Waals surface area contributed by atoms with E-state index in [-0.39, 0.29) is 5.66 Å². The van der Waals surface area contributed by atoms with E-state index in [1.807, 2.05) is 30.3 Å². The van der Waals surface area contributed by atoms with E-state index >= 15 is 0 Å². The largest absolute Gasteiger partial charge is 0.306 e. The highest BCUT2D eigenvalue weighted by atomic mass is 35.7. The molecule has 0 N–H and O–H groups in total. The number of benzene rings is 1. The van der Waals surface area contributed by atoms with Gasteiger partial charge in [-0.3, -0.25) is 0 Å². The standard InChI is InChI=1S/C10H12ClOP/c11-13(12)8-4-7-10(13)9-5-2-1-3-6-9/h1-3,5-6,10H,4,7-8H2/t10-,13?/m0/s1. The summed E-state index contributed by atoms with van der Waals surface area (Å²) >= 11 is 6.02. The fraction of sp³-hybridized carbons (Fsp3) is 0.400. The van der Waals surface area contributed by atoms with Crippen LogP contribution in [0.4, 0.5) is 0 Å². The van der Waals surface area contributed by atoms with E-state index < -0.39 is 6.49 Å². The minimum atomic E-state index is -2.40. The van der Waals surface area contributed by atoms with Gasteiger partial charge in [0, 0.05) is 6.16 Å². The summed E-state index contributed by atoms with van der Waals surface area (Å²) in [6.07, 6.45) is 2.68. The van der Waals surface area contributed by atoms with Crippen LogP contribution in [0.2, 0.25) is 0 Å². The second-order valence-electron chi connectivity index (χ2n) is 3.50. The third-order valence-electron chi connectivity index (χ3n) is 2.59. The number of halogens is 1. The summed E-state index contributed by atoms with van der Waals surface area (Å²) in [5.41, 5.74) is 1.24. The first-order valence-electron chi connectivity index (χ1n) is 4.53. The number of hydrogen-bond acceptors (Lipinski definition) is 1. The van der Waals surface area contributed by atoms with Crippen LogP contribution >= 0.6 is 17.7 Å². The molecule has 1 aliphatic rings. The summed E-state index contributed by atoms with van der Waals surface area (Å²) in [6.45, 7) is -2.40. The minimum absolute atomic E-state index is 0.107. The molecule has 0 aliphatic carbocycles. The van der Waals surface area contributed by atoms with E-state index in [4.69, 9.17) is 11.2 Å². The molecule has 70 valence electrons. The van der Waals surface area contributed by atoms with Crippen LogP contribution in [0.5, 0.6) is 0 Å². The highest BCUT2D eigenvalue weighted by Gasteiger charge is 2.36. The molecule has 13 heavy (non-hydrogen) atoms. The van der Waals surface area contributed by atoms with Crippen molar-refractivity contribution in [1.82, 2.24) is 0 Å². The van der Waals surface area contributed by atoms with Crippen molar-refractivity contribution in [2.75, 3.05) is 6.16 Å². The lowest BCUT2D eigenvalue weighted by Gasteiger charge is -2.13.